The average Bonchev–Trinajstić information content (AvgIpc) is 3.39. The SMILES string of the molecule is COc1ccc(-c2cc(C(=O)NN=Cc3ccc(OCc4ccccc4)cc3)[nH]n2)cc1OC. The molecule has 0 bridgehead atoms. The Morgan fingerprint density at radius 3 is 2.47 bits per heavy atom. The minimum atomic E-state index is -0.404. The number of rotatable bonds is 9. The number of benzene rings is 3. The fraction of sp³-hybridized carbons (Fsp3) is 0.115. The number of methoxy groups -OCH3 is 2. The van der Waals surface area contributed by atoms with E-state index in [2.05, 4.69) is 20.7 Å². The third kappa shape index (κ3) is 5.60. The summed E-state index contributed by atoms with van der Waals surface area (Å²) in [5, 5.41) is 11.0. The highest BCUT2D eigenvalue weighted by Gasteiger charge is 2.12. The zero-order chi connectivity index (χ0) is 23.8. The standard InChI is InChI=1S/C26H24N4O4/c1-32-24-13-10-20(14-25(24)33-2)22-15-23(29-28-22)26(31)30-27-16-18-8-11-21(12-9-18)34-17-19-6-4-3-5-7-19/h3-16H,17H2,1-2H3,(H,28,29)(H,30,31). The first kappa shape index (κ1) is 22.6. The lowest BCUT2D eigenvalue weighted by Crippen LogP contribution is -2.17. The molecule has 0 atom stereocenters. The second-order valence-electron chi connectivity index (χ2n) is 7.28. The molecule has 0 unspecified atom stereocenters. The molecule has 3 aromatic carbocycles. The number of carbonyl (C=O) groups is 1. The maximum Gasteiger partial charge on any atom is 0.289 e. The number of hydrogen-bond donors (Lipinski definition) is 2. The topological polar surface area (TPSA) is 97.8 Å². The van der Waals surface area contributed by atoms with Crippen molar-refractivity contribution in [3.05, 3.63) is 95.7 Å². The first-order chi connectivity index (χ1) is 16.7. The molecule has 0 spiro atoms. The Bertz CT molecular complexity index is 1270. The Hall–Kier alpha value is -4.59. The van der Waals surface area contributed by atoms with Gasteiger partial charge in [-0.05, 0) is 59.7 Å². The summed E-state index contributed by atoms with van der Waals surface area (Å²) >= 11 is 0. The van der Waals surface area contributed by atoms with Gasteiger partial charge in [-0.2, -0.15) is 10.2 Å². The van der Waals surface area contributed by atoms with Crippen LogP contribution >= 0.6 is 0 Å². The molecule has 8 heteroatoms. The molecule has 172 valence electrons. The number of carbonyl (C=O) groups excluding carboxylic acids is 1. The summed E-state index contributed by atoms with van der Waals surface area (Å²) in [5.41, 5.74) is 6.09. The first-order valence-corrected chi connectivity index (χ1v) is 10.5. The molecule has 0 aliphatic carbocycles. The van der Waals surface area contributed by atoms with Gasteiger partial charge in [-0.25, -0.2) is 5.43 Å². The van der Waals surface area contributed by atoms with Crippen molar-refractivity contribution in [1.29, 1.82) is 0 Å². The van der Waals surface area contributed by atoms with E-state index in [9.17, 15) is 4.79 Å². The molecule has 1 heterocycles. The first-order valence-electron chi connectivity index (χ1n) is 10.5. The van der Waals surface area contributed by atoms with Gasteiger partial charge < -0.3 is 14.2 Å². The van der Waals surface area contributed by atoms with Gasteiger partial charge in [-0.3, -0.25) is 9.89 Å². The minimum Gasteiger partial charge on any atom is -0.493 e. The van der Waals surface area contributed by atoms with Gasteiger partial charge in [-0.1, -0.05) is 30.3 Å². The van der Waals surface area contributed by atoms with Crippen molar-refractivity contribution in [2.75, 3.05) is 14.2 Å². The third-order valence-corrected chi connectivity index (χ3v) is 5.01. The van der Waals surface area contributed by atoms with Crippen LogP contribution in [-0.2, 0) is 6.61 Å². The Morgan fingerprint density at radius 2 is 1.74 bits per heavy atom. The molecule has 0 radical (unpaired) electrons. The van der Waals surface area contributed by atoms with Crippen molar-refractivity contribution in [2.24, 2.45) is 5.10 Å². The lowest BCUT2D eigenvalue weighted by Gasteiger charge is -2.08. The second kappa shape index (κ2) is 10.8. The summed E-state index contributed by atoms with van der Waals surface area (Å²) in [6, 6.07) is 24.5. The van der Waals surface area contributed by atoms with Crippen molar-refractivity contribution in [3.8, 4) is 28.5 Å². The van der Waals surface area contributed by atoms with E-state index < -0.39 is 5.91 Å². The summed E-state index contributed by atoms with van der Waals surface area (Å²) in [4.78, 5) is 12.4. The second-order valence-corrected chi connectivity index (χ2v) is 7.28. The molecule has 1 amide bonds. The predicted molar refractivity (Wildman–Crippen MR) is 129 cm³/mol. The van der Waals surface area contributed by atoms with Gasteiger partial charge in [0.1, 0.15) is 18.1 Å². The number of ether oxygens (including phenoxy) is 3. The maximum atomic E-state index is 12.4. The quantitative estimate of drug-likeness (QED) is 0.287. The molecule has 0 fully saturated rings. The van der Waals surface area contributed by atoms with Crippen molar-refractivity contribution in [2.45, 2.75) is 6.61 Å². The molecule has 0 saturated carbocycles. The van der Waals surface area contributed by atoms with E-state index in [0.29, 0.717) is 23.8 Å². The molecule has 34 heavy (non-hydrogen) atoms. The number of amides is 1. The highest BCUT2D eigenvalue weighted by molar-refractivity contribution is 5.94. The zero-order valence-corrected chi connectivity index (χ0v) is 18.8. The van der Waals surface area contributed by atoms with Gasteiger partial charge >= 0.3 is 0 Å². The predicted octanol–water partition coefficient (Wildman–Crippen LogP) is 4.44. The van der Waals surface area contributed by atoms with E-state index in [-0.39, 0.29) is 5.69 Å². The zero-order valence-electron chi connectivity index (χ0n) is 18.8. The van der Waals surface area contributed by atoms with Crippen LogP contribution in [0, 0.1) is 0 Å². The van der Waals surface area contributed by atoms with E-state index in [4.69, 9.17) is 14.2 Å². The number of nitrogens with zero attached hydrogens (tertiary/aromatic N) is 2. The van der Waals surface area contributed by atoms with Crippen LogP contribution < -0.4 is 19.6 Å². The summed E-state index contributed by atoms with van der Waals surface area (Å²) < 4.78 is 16.3. The number of aromatic amines is 1. The Morgan fingerprint density at radius 1 is 0.971 bits per heavy atom. The van der Waals surface area contributed by atoms with Gasteiger partial charge in [0.2, 0.25) is 0 Å². The van der Waals surface area contributed by atoms with E-state index in [1.807, 2.05) is 60.7 Å². The van der Waals surface area contributed by atoms with Crippen molar-refractivity contribution in [3.63, 3.8) is 0 Å². The number of H-pyrrole nitrogens is 1. The van der Waals surface area contributed by atoms with Gasteiger partial charge in [0.15, 0.2) is 11.5 Å². The van der Waals surface area contributed by atoms with E-state index >= 15 is 0 Å². The molecule has 4 aromatic rings. The maximum absolute atomic E-state index is 12.4. The monoisotopic (exact) mass is 456 g/mol. The molecule has 1 aromatic heterocycles. The molecule has 2 N–H and O–H groups in total. The lowest BCUT2D eigenvalue weighted by molar-refractivity contribution is 0.0950. The van der Waals surface area contributed by atoms with Gasteiger partial charge in [-0.15, -0.1) is 0 Å². The Balaban J connectivity index is 1.32. The third-order valence-electron chi connectivity index (χ3n) is 5.01. The Kier molecular flexibility index (Phi) is 7.19. The van der Waals surface area contributed by atoms with Crippen molar-refractivity contribution in [1.82, 2.24) is 15.6 Å². The van der Waals surface area contributed by atoms with E-state index in [1.54, 1.807) is 38.6 Å². The highest BCUT2D eigenvalue weighted by atomic mass is 16.5. The van der Waals surface area contributed by atoms with Crippen LogP contribution in [0.4, 0.5) is 0 Å². The lowest BCUT2D eigenvalue weighted by atomic mass is 10.1. The van der Waals surface area contributed by atoms with Crippen LogP contribution in [0.3, 0.4) is 0 Å². The molecular formula is C26H24N4O4. The van der Waals surface area contributed by atoms with Gasteiger partial charge in [0, 0.05) is 5.56 Å². The summed E-state index contributed by atoms with van der Waals surface area (Å²) in [7, 11) is 3.14. The molecule has 0 aliphatic heterocycles. The van der Waals surface area contributed by atoms with E-state index in [1.165, 1.54) is 0 Å². The highest BCUT2D eigenvalue weighted by Crippen LogP contribution is 2.31. The van der Waals surface area contributed by atoms with Crippen molar-refractivity contribution >= 4 is 12.1 Å². The van der Waals surface area contributed by atoms with Crippen LogP contribution in [0.1, 0.15) is 21.6 Å². The minimum absolute atomic E-state index is 0.284. The normalized spacial score (nSPS) is 10.8. The fourth-order valence-corrected chi connectivity index (χ4v) is 3.20. The van der Waals surface area contributed by atoms with Crippen molar-refractivity contribution < 1.29 is 19.0 Å². The molecule has 4 rings (SSSR count). The van der Waals surface area contributed by atoms with Gasteiger partial charge in [0.25, 0.3) is 5.91 Å². The van der Waals surface area contributed by atoms with Crippen LogP contribution in [0.5, 0.6) is 17.2 Å². The molecule has 8 nitrogen and oxygen atoms in total. The van der Waals surface area contributed by atoms with Gasteiger partial charge in [0.05, 0.1) is 26.1 Å². The molecular weight excluding hydrogens is 432 g/mol. The molecule has 0 aliphatic rings. The van der Waals surface area contributed by atoms with Crippen LogP contribution in [0.2, 0.25) is 0 Å². The average molecular weight is 457 g/mol. The number of hydrazone groups is 1. The smallest absolute Gasteiger partial charge is 0.289 e. The molecule has 0 saturated heterocycles. The van der Waals surface area contributed by atoms with Crippen LogP contribution in [-0.4, -0.2) is 36.5 Å². The number of aromatic nitrogens is 2. The Labute approximate surface area is 197 Å². The number of nitrogens with one attached hydrogen (secondary N) is 2. The fourth-order valence-electron chi connectivity index (χ4n) is 3.20. The van der Waals surface area contributed by atoms with E-state index in [0.717, 1.165) is 22.4 Å². The summed E-state index contributed by atoms with van der Waals surface area (Å²) in [5.74, 6) is 1.54. The number of hydrogen-bond acceptors (Lipinski definition) is 6. The van der Waals surface area contributed by atoms with Crippen LogP contribution in [0.15, 0.2) is 84.0 Å². The van der Waals surface area contributed by atoms with Crippen LogP contribution in [0.25, 0.3) is 11.3 Å². The summed E-state index contributed by atoms with van der Waals surface area (Å²) in [6.45, 7) is 0.500. The largest absolute Gasteiger partial charge is 0.493 e. The summed E-state index contributed by atoms with van der Waals surface area (Å²) in [6.07, 6.45) is 1.56.